The van der Waals surface area contributed by atoms with Crippen LogP contribution in [-0.4, -0.2) is 23.9 Å². The van der Waals surface area contributed by atoms with Crippen LogP contribution in [0.4, 0.5) is 5.69 Å². The van der Waals surface area contributed by atoms with Crippen LogP contribution in [0.3, 0.4) is 0 Å². The molecule has 0 radical (unpaired) electrons. The van der Waals surface area contributed by atoms with Crippen molar-refractivity contribution in [2.75, 3.05) is 18.8 Å². The van der Waals surface area contributed by atoms with Crippen molar-refractivity contribution < 1.29 is 4.79 Å². The molecule has 0 spiro atoms. The van der Waals surface area contributed by atoms with E-state index in [1.54, 1.807) is 6.07 Å². The minimum absolute atomic E-state index is 0.136. The van der Waals surface area contributed by atoms with Crippen LogP contribution >= 0.6 is 0 Å². The lowest BCUT2D eigenvalue weighted by molar-refractivity contribution is 0.0761. The lowest BCUT2D eigenvalue weighted by Crippen LogP contribution is -2.32. The minimum Gasteiger partial charge on any atom is -0.399 e. The van der Waals surface area contributed by atoms with Gasteiger partial charge in [-0.15, -0.1) is 0 Å². The maximum absolute atomic E-state index is 12.4. The van der Waals surface area contributed by atoms with Crippen molar-refractivity contribution in [2.24, 2.45) is 0 Å². The van der Waals surface area contributed by atoms with Crippen molar-refractivity contribution in [1.82, 2.24) is 4.90 Å². The number of nitrogens with zero attached hydrogens (tertiary/aromatic N) is 1. The molecule has 1 aromatic carbocycles. The van der Waals surface area contributed by atoms with Gasteiger partial charge in [0.25, 0.3) is 5.91 Å². The first kappa shape index (κ1) is 12.0. The second-order valence-corrected chi connectivity index (χ2v) is 4.78. The van der Waals surface area contributed by atoms with E-state index in [9.17, 15) is 4.79 Å². The third-order valence-electron chi connectivity index (χ3n) is 3.39. The molecule has 3 nitrogen and oxygen atoms in total. The van der Waals surface area contributed by atoms with Crippen molar-refractivity contribution >= 4 is 11.6 Å². The Bertz CT molecular complexity index is 407. The number of nitrogen functional groups attached to an aromatic ring is 1. The van der Waals surface area contributed by atoms with Gasteiger partial charge in [-0.25, -0.2) is 0 Å². The van der Waals surface area contributed by atoms with Gasteiger partial charge in [0.2, 0.25) is 0 Å². The maximum Gasteiger partial charge on any atom is 0.254 e. The molecule has 92 valence electrons. The Kier molecular flexibility index (Phi) is 3.67. The van der Waals surface area contributed by atoms with Crippen LogP contribution in [0.2, 0.25) is 0 Å². The first-order valence-corrected chi connectivity index (χ1v) is 6.34. The van der Waals surface area contributed by atoms with Gasteiger partial charge in [-0.3, -0.25) is 4.79 Å². The summed E-state index contributed by atoms with van der Waals surface area (Å²) >= 11 is 0. The minimum atomic E-state index is 0.136. The van der Waals surface area contributed by atoms with Crippen molar-refractivity contribution in [1.29, 1.82) is 0 Å². The number of carbonyl (C=O) groups is 1. The molecule has 17 heavy (non-hydrogen) atoms. The van der Waals surface area contributed by atoms with E-state index in [0.29, 0.717) is 5.69 Å². The molecule has 0 aromatic heterocycles. The highest BCUT2D eigenvalue weighted by Crippen LogP contribution is 2.18. The van der Waals surface area contributed by atoms with Gasteiger partial charge in [0.15, 0.2) is 0 Å². The Labute approximate surface area is 103 Å². The van der Waals surface area contributed by atoms with Gasteiger partial charge in [0, 0.05) is 24.3 Å². The Balaban J connectivity index is 2.20. The summed E-state index contributed by atoms with van der Waals surface area (Å²) in [6.45, 7) is 3.73. The maximum atomic E-state index is 12.4. The Hall–Kier alpha value is -1.51. The highest BCUT2D eigenvalue weighted by Gasteiger charge is 2.18. The number of hydrogen-bond donors (Lipinski definition) is 1. The second kappa shape index (κ2) is 5.21. The average molecular weight is 232 g/mol. The van der Waals surface area contributed by atoms with E-state index in [-0.39, 0.29) is 5.91 Å². The van der Waals surface area contributed by atoms with Crippen LogP contribution in [0.5, 0.6) is 0 Å². The first-order chi connectivity index (χ1) is 8.18. The zero-order valence-corrected chi connectivity index (χ0v) is 10.4. The number of nitrogens with two attached hydrogens (primary N) is 1. The smallest absolute Gasteiger partial charge is 0.254 e. The number of rotatable bonds is 1. The topological polar surface area (TPSA) is 46.3 Å². The quantitative estimate of drug-likeness (QED) is 0.756. The van der Waals surface area contributed by atoms with E-state index in [0.717, 1.165) is 37.1 Å². The molecule has 0 aliphatic carbocycles. The molecule has 0 unspecified atom stereocenters. The van der Waals surface area contributed by atoms with Gasteiger partial charge < -0.3 is 10.6 Å². The van der Waals surface area contributed by atoms with Crippen LogP contribution in [0.1, 0.15) is 41.6 Å². The van der Waals surface area contributed by atoms with Crippen LogP contribution in [-0.2, 0) is 0 Å². The number of likely N-dealkylation sites (tertiary alicyclic amines) is 1. The molecule has 1 heterocycles. The predicted molar refractivity (Wildman–Crippen MR) is 70.0 cm³/mol. The molecule has 2 rings (SSSR count). The average Bonchev–Trinajstić information content (AvgIpc) is 2.60. The highest BCUT2D eigenvalue weighted by atomic mass is 16.2. The third-order valence-corrected chi connectivity index (χ3v) is 3.39. The predicted octanol–water partition coefficient (Wildman–Crippen LogP) is 2.59. The van der Waals surface area contributed by atoms with Crippen molar-refractivity contribution in [2.45, 2.75) is 32.6 Å². The van der Waals surface area contributed by atoms with Crippen LogP contribution in [0.25, 0.3) is 0 Å². The fraction of sp³-hybridized carbons (Fsp3) is 0.500. The summed E-state index contributed by atoms with van der Waals surface area (Å²) in [6, 6.07) is 5.55. The number of carbonyl (C=O) groups excluding carboxylic acids is 1. The Morgan fingerprint density at radius 3 is 2.47 bits per heavy atom. The lowest BCUT2D eigenvalue weighted by Gasteiger charge is -2.21. The van der Waals surface area contributed by atoms with Crippen molar-refractivity contribution in [3.63, 3.8) is 0 Å². The molecule has 1 aliphatic heterocycles. The molecule has 2 N–H and O–H groups in total. The van der Waals surface area contributed by atoms with Gasteiger partial charge in [-0.2, -0.15) is 0 Å². The monoisotopic (exact) mass is 232 g/mol. The molecule has 3 heteroatoms. The largest absolute Gasteiger partial charge is 0.399 e. The second-order valence-electron chi connectivity index (χ2n) is 4.78. The zero-order valence-electron chi connectivity index (χ0n) is 10.4. The van der Waals surface area contributed by atoms with E-state index < -0.39 is 0 Å². The van der Waals surface area contributed by atoms with E-state index >= 15 is 0 Å². The van der Waals surface area contributed by atoms with Crippen molar-refractivity contribution in [3.05, 3.63) is 29.3 Å². The molecule has 0 bridgehead atoms. The molecular weight excluding hydrogens is 212 g/mol. The first-order valence-electron chi connectivity index (χ1n) is 6.34. The summed E-state index contributed by atoms with van der Waals surface area (Å²) < 4.78 is 0. The highest BCUT2D eigenvalue weighted by molar-refractivity contribution is 5.96. The molecular formula is C14H20N2O. The molecule has 1 aromatic rings. The van der Waals surface area contributed by atoms with E-state index in [4.69, 9.17) is 5.73 Å². The van der Waals surface area contributed by atoms with Crippen molar-refractivity contribution in [3.8, 4) is 0 Å². The molecule has 0 atom stereocenters. The summed E-state index contributed by atoms with van der Waals surface area (Å²) in [5.41, 5.74) is 8.18. The number of hydrogen-bond acceptors (Lipinski definition) is 2. The molecule has 0 saturated carbocycles. The SMILES string of the molecule is Cc1ccc(N)cc1C(=O)N1CCCCCC1. The summed E-state index contributed by atoms with van der Waals surface area (Å²) in [7, 11) is 0. The Morgan fingerprint density at radius 2 is 1.82 bits per heavy atom. The number of benzene rings is 1. The van der Waals surface area contributed by atoms with E-state index in [1.165, 1.54) is 12.8 Å². The number of amides is 1. The van der Waals surface area contributed by atoms with Crippen LogP contribution in [0, 0.1) is 6.92 Å². The van der Waals surface area contributed by atoms with Crippen LogP contribution in [0.15, 0.2) is 18.2 Å². The summed E-state index contributed by atoms with van der Waals surface area (Å²) in [4.78, 5) is 14.4. The summed E-state index contributed by atoms with van der Waals surface area (Å²) in [6.07, 6.45) is 4.71. The molecule has 1 saturated heterocycles. The fourth-order valence-corrected chi connectivity index (χ4v) is 2.31. The number of anilines is 1. The van der Waals surface area contributed by atoms with E-state index in [2.05, 4.69) is 0 Å². The summed E-state index contributed by atoms with van der Waals surface area (Å²) in [5, 5.41) is 0. The normalized spacial score (nSPS) is 16.6. The zero-order chi connectivity index (χ0) is 12.3. The standard InChI is InChI=1S/C14H20N2O/c1-11-6-7-12(15)10-13(11)14(17)16-8-4-2-3-5-9-16/h6-7,10H,2-5,8-9,15H2,1H3. The molecule has 1 fully saturated rings. The van der Waals surface area contributed by atoms with E-state index in [1.807, 2.05) is 24.0 Å². The van der Waals surface area contributed by atoms with Gasteiger partial charge in [-0.1, -0.05) is 18.9 Å². The van der Waals surface area contributed by atoms with Gasteiger partial charge in [0.1, 0.15) is 0 Å². The third kappa shape index (κ3) is 2.78. The van der Waals surface area contributed by atoms with Gasteiger partial charge in [0.05, 0.1) is 0 Å². The summed E-state index contributed by atoms with van der Waals surface area (Å²) in [5.74, 6) is 0.136. The Morgan fingerprint density at radius 1 is 1.18 bits per heavy atom. The lowest BCUT2D eigenvalue weighted by atomic mass is 10.1. The fourth-order valence-electron chi connectivity index (χ4n) is 2.31. The molecule has 1 aliphatic rings. The van der Waals surface area contributed by atoms with Gasteiger partial charge >= 0.3 is 0 Å². The number of aryl methyl sites for hydroxylation is 1. The van der Waals surface area contributed by atoms with Gasteiger partial charge in [-0.05, 0) is 37.5 Å². The van der Waals surface area contributed by atoms with Crippen LogP contribution < -0.4 is 5.73 Å². The molecule has 1 amide bonds.